The predicted octanol–water partition coefficient (Wildman–Crippen LogP) is -4.01. The fourth-order valence-electron chi connectivity index (χ4n) is 7.65. The molecule has 2 aliphatic heterocycles. The van der Waals surface area contributed by atoms with Gasteiger partial charge in [0, 0.05) is 26.1 Å². The zero-order valence-electron chi connectivity index (χ0n) is 37.4. The van der Waals surface area contributed by atoms with Gasteiger partial charge < -0.3 is 74.0 Å². The Labute approximate surface area is 381 Å². The number of hydrogen-bond acceptors (Lipinski definition) is 13. The van der Waals surface area contributed by atoms with Gasteiger partial charge in [0.2, 0.25) is 41.4 Å². The lowest BCUT2D eigenvalue weighted by atomic mass is 10.00. The van der Waals surface area contributed by atoms with Crippen LogP contribution in [0.5, 0.6) is 0 Å². The number of carboxylic acid groups (broad SMARTS) is 2. The number of carboxylic acids is 2. The first kappa shape index (κ1) is 53.9. The van der Waals surface area contributed by atoms with Crippen LogP contribution in [0.4, 0.5) is 0 Å². The van der Waals surface area contributed by atoms with E-state index in [4.69, 9.17) is 17.2 Å². The van der Waals surface area contributed by atoms with E-state index in [0.29, 0.717) is 18.4 Å². The van der Waals surface area contributed by atoms with Gasteiger partial charge in [-0.05, 0) is 63.4 Å². The summed E-state index contributed by atoms with van der Waals surface area (Å²) in [6, 6.07) is -2.59. The first-order valence-electron chi connectivity index (χ1n) is 21.9. The number of nitrogens with one attached hydrogen (secondary N) is 5. The molecule has 2 aliphatic rings. The summed E-state index contributed by atoms with van der Waals surface area (Å²) >= 11 is 0. The molecule has 3 rings (SSSR count). The molecule has 366 valence electrons. The van der Waals surface area contributed by atoms with E-state index in [1.807, 2.05) is 0 Å². The Bertz CT molecular complexity index is 1910. The zero-order chi connectivity index (χ0) is 49.2. The molecule has 2 saturated heterocycles. The summed E-state index contributed by atoms with van der Waals surface area (Å²) in [5.41, 5.74) is 17.1. The predicted molar refractivity (Wildman–Crippen MR) is 235 cm³/mol. The molecule has 0 spiro atoms. The summed E-state index contributed by atoms with van der Waals surface area (Å²) in [4.78, 5) is 126. The van der Waals surface area contributed by atoms with Gasteiger partial charge in [-0.2, -0.15) is 0 Å². The number of aliphatic imine (C=N–C) groups is 1. The van der Waals surface area contributed by atoms with Crippen LogP contribution in [0.1, 0.15) is 77.7 Å². The Morgan fingerprint density at radius 1 is 0.727 bits per heavy atom. The Hall–Kier alpha value is -6.40. The molecule has 9 atom stereocenters. The summed E-state index contributed by atoms with van der Waals surface area (Å²) in [6.07, 6.45) is -1.11. The standard InChI is InChI=1S/C42H65N11O13/c1-22(2)18-26(34(58)48-27(19-24-10-5-4-6-11-24)35(59)50-28(20-32(56)57)40(64)53-17-9-14-31(53)41(65)66)49-37(61)30-13-8-16-52(30)39(63)25(12-7-15-46-42(44)45)47-36(60)29(21-54)51-38(62)33(43)23(3)55/h4-6,10-11,22-23,25-31,33,54-55H,7-9,12-21,43H2,1-3H3,(H,47,60)(H,48,58)(H,49,61)(H,50,59)(H,51,62)(H,56,57)(H,65,66)(H4,44,45,46)/t23-,25+,26+,27+,28+,29+,30+,31+,33+/m1/s1. The van der Waals surface area contributed by atoms with Crippen molar-refractivity contribution >= 4 is 59.2 Å². The fourth-order valence-corrected chi connectivity index (χ4v) is 7.65. The number of likely N-dealkylation sites (tertiary alicyclic amines) is 2. The summed E-state index contributed by atoms with van der Waals surface area (Å²) in [5.74, 6) is -9.14. The third kappa shape index (κ3) is 16.2. The van der Waals surface area contributed by atoms with Crippen LogP contribution in [0.3, 0.4) is 0 Å². The minimum absolute atomic E-state index is 0.0340. The molecule has 0 unspecified atom stereocenters. The molecule has 1 aromatic rings. The first-order valence-corrected chi connectivity index (χ1v) is 21.9. The summed E-state index contributed by atoms with van der Waals surface area (Å²) in [5, 5.41) is 51.5. The Morgan fingerprint density at radius 2 is 1.26 bits per heavy atom. The minimum atomic E-state index is -1.68. The van der Waals surface area contributed by atoms with E-state index in [0.717, 1.165) is 4.90 Å². The quantitative estimate of drug-likeness (QED) is 0.0253. The second-order valence-corrected chi connectivity index (χ2v) is 16.8. The van der Waals surface area contributed by atoms with E-state index < -0.39 is 121 Å². The topological polar surface area (TPSA) is 392 Å². The van der Waals surface area contributed by atoms with E-state index in [2.05, 4.69) is 31.6 Å². The van der Waals surface area contributed by atoms with Crippen LogP contribution >= 0.6 is 0 Å². The van der Waals surface area contributed by atoms with Gasteiger partial charge in [-0.3, -0.25) is 43.3 Å². The number of aliphatic hydroxyl groups is 2. The number of guanidine groups is 1. The summed E-state index contributed by atoms with van der Waals surface area (Å²) < 4.78 is 0. The molecule has 1 aromatic carbocycles. The van der Waals surface area contributed by atoms with Gasteiger partial charge in [-0.15, -0.1) is 0 Å². The van der Waals surface area contributed by atoms with Crippen LogP contribution in [-0.4, -0.2) is 170 Å². The second kappa shape index (κ2) is 25.9. The molecule has 0 saturated carbocycles. The number of hydrogen-bond donors (Lipinski definition) is 12. The van der Waals surface area contributed by atoms with Crippen LogP contribution < -0.4 is 43.8 Å². The number of rotatable bonds is 25. The van der Waals surface area contributed by atoms with Crippen molar-refractivity contribution in [2.75, 3.05) is 26.2 Å². The average molecular weight is 932 g/mol. The van der Waals surface area contributed by atoms with Gasteiger partial charge in [0.15, 0.2) is 5.96 Å². The number of aliphatic carboxylic acids is 2. The van der Waals surface area contributed by atoms with E-state index >= 15 is 0 Å². The monoisotopic (exact) mass is 931 g/mol. The molecule has 0 radical (unpaired) electrons. The maximum Gasteiger partial charge on any atom is 0.326 e. The minimum Gasteiger partial charge on any atom is -0.481 e. The molecule has 66 heavy (non-hydrogen) atoms. The van der Waals surface area contributed by atoms with Crippen molar-refractivity contribution in [2.45, 2.75) is 133 Å². The van der Waals surface area contributed by atoms with Crippen molar-refractivity contribution in [3.8, 4) is 0 Å². The molecule has 0 aliphatic carbocycles. The highest BCUT2D eigenvalue weighted by atomic mass is 16.4. The van der Waals surface area contributed by atoms with Crippen molar-refractivity contribution in [2.24, 2.45) is 28.1 Å². The number of amides is 7. The smallest absolute Gasteiger partial charge is 0.326 e. The second-order valence-electron chi connectivity index (χ2n) is 16.8. The number of nitrogens with two attached hydrogens (primary N) is 3. The number of carbonyl (C=O) groups excluding carboxylic acids is 7. The van der Waals surface area contributed by atoms with Crippen molar-refractivity contribution < 1.29 is 63.6 Å². The highest BCUT2D eigenvalue weighted by Crippen LogP contribution is 2.22. The highest BCUT2D eigenvalue weighted by molar-refractivity contribution is 5.98. The van der Waals surface area contributed by atoms with Crippen LogP contribution in [0.2, 0.25) is 0 Å². The average Bonchev–Trinajstić information content (AvgIpc) is 3.96. The summed E-state index contributed by atoms with van der Waals surface area (Å²) in [7, 11) is 0. The SMILES string of the molecule is CC(C)C[C@H](NC(=O)[C@@H]1CCCN1C(=O)[C@H](CCCN=C(N)N)NC(=O)[C@H](CO)NC(=O)[C@@H](N)[C@@H](C)O)C(=O)N[C@@H](Cc1ccccc1)C(=O)N[C@@H](CC(=O)O)C(=O)N1CCC[C@H]1C(=O)O. The Morgan fingerprint density at radius 3 is 1.82 bits per heavy atom. The summed E-state index contributed by atoms with van der Waals surface area (Å²) in [6.45, 7) is 4.10. The van der Waals surface area contributed by atoms with Gasteiger partial charge in [-0.25, -0.2) is 4.79 Å². The van der Waals surface area contributed by atoms with Crippen molar-refractivity contribution in [1.82, 2.24) is 36.4 Å². The molecule has 2 fully saturated rings. The van der Waals surface area contributed by atoms with Gasteiger partial charge in [0.05, 0.1) is 19.1 Å². The molecule has 0 aromatic heterocycles. The zero-order valence-corrected chi connectivity index (χ0v) is 37.4. The molecule has 7 amide bonds. The maximum atomic E-state index is 14.2. The molecule has 15 N–H and O–H groups in total. The molecule has 24 nitrogen and oxygen atoms in total. The van der Waals surface area contributed by atoms with Crippen LogP contribution in [0.15, 0.2) is 35.3 Å². The Kier molecular flexibility index (Phi) is 21.2. The van der Waals surface area contributed by atoms with Crippen molar-refractivity contribution in [1.29, 1.82) is 0 Å². The number of carbonyl (C=O) groups is 9. The normalized spacial score (nSPS) is 19.0. The lowest BCUT2D eigenvalue weighted by Gasteiger charge is -2.31. The van der Waals surface area contributed by atoms with Gasteiger partial charge in [0.25, 0.3) is 0 Å². The fraction of sp³-hybridized carbons (Fsp3) is 0.619. The van der Waals surface area contributed by atoms with Crippen LogP contribution in [0.25, 0.3) is 0 Å². The number of aliphatic hydroxyl groups excluding tert-OH is 2. The third-order valence-corrected chi connectivity index (χ3v) is 11.1. The van der Waals surface area contributed by atoms with Crippen molar-refractivity contribution in [3.05, 3.63) is 35.9 Å². The largest absolute Gasteiger partial charge is 0.481 e. The number of benzene rings is 1. The molecule has 0 bridgehead atoms. The van der Waals surface area contributed by atoms with E-state index in [1.165, 1.54) is 11.8 Å². The lowest BCUT2D eigenvalue weighted by Crippen LogP contribution is -2.60. The van der Waals surface area contributed by atoms with Gasteiger partial charge in [0.1, 0.15) is 48.3 Å². The van der Waals surface area contributed by atoms with Crippen LogP contribution in [0, 0.1) is 5.92 Å². The van der Waals surface area contributed by atoms with Crippen LogP contribution in [-0.2, 0) is 49.6 Å². The molecular weight excluding hydrogens is 867 g/mol. The molecular formula is C42H65N11O13. The van der Waals surface area contributed by atoms with E-state index in [9.17, 15) is 63.6 Å². The molecule has 24 heteroatoms. The first-order chi connectivity index (χ1) is 31.1. The van der Waals surface area contributed by atoms with Gasteiger partial charge >= 0.3 is 11.9 Å². The number of nitrogens with zero attached hydrogens (tertiary/aromatic N) is 3. The van der Waals surface area contributed by atoms with E-state index in [1.54, 1.807) is 44.2 Å². The van der Waals surface area contributed by atoms with Crippen molar-refractivity contribution in [3.63, 3.8) is 0 Å². The molecule has 2 heterocycles. The maximum absolute atomic E-state index is 14.2. The lowest BCUT2D eigenvalue weighted by molar-refractivity contribution is -0.150. The van der Waals surface area contributed by atoms with Gasteiger partial charge in [-0.1, -0.05) is 44.2 Å². The Balaban J connectivity index is 1.87. The third-order valence-electron chi connectivity index (χ3n) is 11.1. The van der Waals surface area contributed by atoms with E-state index in [-0.39, 0.29) is 70.0 Å². The highest BCUT2D eigenvalue weighted by Gasteiger charge is 2.42.